The molecule has 1 aromatic carbocycles. The van der Waals surface area contributed by atoms with Crippen LogP contribution in [-0.4, -0.2) is 18.9 Å². The Morgan fingerprint density at radius 2 is 1.84 bits per heavy atom. The van der Waals surface area contributed by atoms with Crippen molar-refractivity contribution in [2.24, 2.45) is 0 Å². The van der Waals surface area contributed by atoms with E-state index in [0.717, 1.165) is 7.11 Å². The SMILES string of the molecule is COC(=O)C(=C=[N-])c1c(-[n+]2ccccc2)c(=O)c1=O. The summed E-state index contributed by atoms with van der Waals surface area (Å²) < 4.78 is 5.81. The molecule has 0 saturated carbocycles. The first-order valence-electron chi connectivity index (χ1n) is 5.27. The normalized spacial score (nSPS) is 9.95. The molecular weight excluding hydrogens is 248 g/mol. The molecule has 2 rings (SSSR count). The van der Waals surface area contributed by atoms with E-state index in [2.05, 4.69) is 4.74 Å². The molecule has 19 heavy (non-hydrogen) atoms. The molecule has 1 heterocycles. The van der Waals surface area contributed by atoms with Gasteiger partial charge in [0.2, 0.25) is 5.43 Å². The van der Waals surface area contributed by atoms with Gasteiger partial charge in [0.15, 0.2) is 12.4 Å². The number of hydrogen-bond donors (Lipinski definition) is 0. The number of carbonyl (C=O) groups excluding carboxylic acids is 1. The first-order chi connectivity index (χ1) is 9.11. The summed E-state index contributed by atoms with van der Waals surface area (Å²) in [5.41, 5.74) is -2.24. The number of esters is 1. The Hall–Kier alpha value is -2.85. The van der Waals surface area contributed by atoms with E-state index in [4.69, 9.17) is 5.41 Å². The van der Waals surface area contributed by atoms with E-state index in [0.29, 0.717) is 0 Å². The maximum Gasteiger partial charge on any atom is 0.344 e. The first-order valence-corrected chi connectivity index (χ1v) is 5.27. The second kappa shape index (κ2) is 4.80. The zero-order valence-electron chi connectivity index (χ0n) is 9.91. The standard InChI is InChI=1S/C13H8N2O4/c1-19-13(18)8(7-14)9-10(12(17)11(9)16)15-5-3-2-4-6-15/h2-6H,1H3. The molecule has 6 nitrogen and oxygen atoms in total. The second-order valence-corrected chi connectivity index (χ2v) is 3.64. The molecule has 6 heteroatoms. The van der Waals surface area contributed by atoms with Crippen molar-refractivity contribution in [3.05, 3.63) is 62.0 Å². The molecule has 0 spiro atoms. The van der Waals surface area contributed by atoms with Crippen LogP contribution in [0.5, 0.6) is 0 Å². The van der Waals surface area contributed by atoms with Crippen LogP contribution in [0, 0.1) is 0 Å². The summed E-state index contributed by atoms with van der Waals surface area (Å²) in [5, 5.41) is 8.94. The number of aromatic nitrogens is 1. The fourth-order valence-corrected chi connectivity index (χ4v) is 1.71. The van der Waals surface area contributed by atoms with Crippen LogP contribution in [0.4, 0.5) is 0 Å². The van der Waals surface area contributed by atoms with Crippen molar-refractivity contribution >= 4 is 17.4 Å². The highest BCUT2D eigenvalue weighted by Gasteiger charge is 2.34. The van der Waals surface area contributed by atoms with Crippen LogP contribution in [0.1, 0.15) is 5.56 Å². The topological polar surface area (TPSA) is 86.6 Å². The maximum absolute atomic E-state index is 11.6. The molecule has 0 fully saturated rings. The summed E-state index contributed by atoms with van der Waals surface area (Å²) in [7, 11) is 1.10. The van der Waals surface area contributed by atoms with Crippen LogP contribution in [0.25, 0.3) is 16.7 Å². The Morgan fingerprint density at radius 3 is 2.37 bits per heavy atom. The predicted molar refractivity (Wildman–Crippen MR) is 66.7 cm³/mol. The van der Waals surface area contributed by atoms with E-state index < -0.39 is 22.4 Å². The average Bonchev–Trinajstić information content (AvgIpc) is 2.47. The third-order valence-corrected chi connectivity index (χ3v) is 2.61. The molecule has 0 saturated heterocycles. The molecular formula is C13H8N2O4. The molecule has 94 valence electrons. The minimum atomic E-state index is -0.938. The molecule has 0 unspecified atom stereocenters. The largest absolute Gasteiger partial charge is 0.763 e. The summed E-state index contributed by atoms with van der Waals surface area (Å²) in [4.78, 5) is 34.6. The Balaban J connectivity index is 2.66. The Labute approximate surface area is 107 Å². The van der Waals surface area contributed by atoms with Gasteiger partial charge in [0.05, 0.1) is 12.7 Å². The summed E-state index contributed by atoms with van der Waals surface area (Å²) in [5.74, 6) is 0.666. The second-order valence-electron chi connectivity index (χ2n) is 3.64. The minimum Gasteiger partial charge on any atom is -0.763 e. The summed E-state index contributed by atoms with van der Waals surface area (Å²) in [6, 6.07) is 5.05. The fraction of sp³-hybridized carbons (Fsp3) is 0.0769. The molecule has 0 bridgehead atoms. The van der Waals surface area contributed by atoms with E-state index in [1.54, 1.807) is 36.5 Å². The van der Waals surface area contributed by atoms with Gasteiger partial charge in [0.25, 0.3) is 11.1 Å². The van der Waals surface area contributed by atoms with Crippen LogP contribution >= 0.6 is 0 Å². The van der Waals surface area contributed by atoms with Gasteiger partial charge in [-0.2, -0.15) is 4.57 Å². The summed E-state index contributed by atoms with van der Waals surface area (Å²) >= 11 is 0. The number of methoxy groups -OCH3 is 1. The van der Waals surface area contributed by atoms with Crippen molar-refractivity contribution in [3.63, 3.8) is 0 Å². The molecule has 0 aliphatic carbocycles. The van der Waals surface area contributed by atoms with Crippen molar-refractivity contribution in [1.29, 1.82) is 0 Å². The van der Waals surface area contributed by atoms with E-state index in [1.165, 1.54) is 4.57 Å². The fourth-order valence-electron chi connectivity index (χ4n) is 1.71. The zero-order chi connectivity index (χ0) is 14.0. The molecule has 0 amide bonds. The van der Waals surface area contributed by atoms with Gasteiger partial charge in [-0.1, -0.05) is 6.07 Å². The maximum atomic E-state index is 11.6. The van der Waals surface area contributed by atoms with Gasteiger partial charge >= 0.3 is 5.97 Å². The van der Waals surface area contributed by atoms with Crippen molar-refractivity contribution in [3.8, 4) is 5.69 Å². The van der Waals surface area contributed by atoms with Crippen LogP contribution in [0.15, 0.2) is 40.2 Å². The average molecular weight is 256 g/mol. The monoisotopic (exact) mass is 256 g/mol. The third-order valence-electron chi connectivity index (χ3n) is 2.61. The molecule has 0 N–H and O–H groups in total. The van der Waals surface area contributed by atoms with E-state index >= 15 is 0 Å². The Kier molecular flexibility index (Phi) is 3.18. The molecule has 0 radical (unpaired) electrons. The van der Waals surface area contributed by atoms with Gasteiger partial charge in [-0.25, -0.2) is 4.79 Å². The van der Waals surface area contributed by atoms with Gasteiger partial charge in [0.1, 0.15) is 5.56 Å². The Morgan fingerprint density at radius 1 is 1.21 bits per heavy atom. The molecule has 1 aromatic heterocycles. The zero-order valence-corrected chi connectivity index (χ0v) is 9.91. The van der Waals surface area contributed by atoms with E-state index in [-0.39, 0.29) is 11.3 Å². The molecule has 0 atom stereocenters. The van der Waals surface area contributed by atoms with Crippen molar-refractivity contribution in [1.82, 2.24) is 0 Å². The van der Waals surface area contributed by atoms with Gasteiger partial charge < -0.3 is 10.1 Å². The van der Waals surface area contributed by atoms with Crippen molar-refractivity contribution < 1.29 is 14.1 Å². The van der Waals surface area contributed by atoms with E-state index in [9.17, 15) is 14.4 Å². The van der Waals surface area contributed by atoms with Gasteiger partial charge in [-0.3, -0.25) is 15.5 Å². The lowest BCUT2D eigenvalue weighted by molar-refractivity contribution is -0.597. The molecule has 0 aliphatic heterocycles. The lowest BCUT2D eigenvalue weighted by Gasteiger charge is -2.07. The minimum absolute atomic E-state index is 0.00699. The number of pyridine rings is 1. The highest BCUT2D eigenvalue weighted by Crippen LogP contribution is 2.13. The molecule has 2 aromatic rings. The predicted octanol–water partition coefficient (Wildman–Crippen LogP) is -0.645. The number of carbonyl (C=O) groups is 1. The van der Waals surface area contributed by atoms with Crippen LogP contribution in [-0.2, 0) is 9.53 Å². The van der Waals surface area contributed by atoms with Crippen LogP contribution in [0.2, 0.25) is 0 Å². The number of rotatable bonds is 3. The number of nitrogens with zero attached hydrogens (tertiary/aromatic N) is 2. The quantitative estimate of drug-likeness (QED) is 0.240. The van der Waals surface area contributed by atoms with Gasteiger partial charge in [-0.15, -0.1) is 0 Å². The highest BCUT2D eigenvalue weighted by atomic mass is 16.5. The summed E-state index contributed by atoms with van der Waals surface area (Å²) in [6.45, 7) is 0. The highest BCUT2D eigenvalue weighted by molar-refractivity contribution is 6.27. The lowest BCUT2D eigenvalue weighted by atomic mass is 9.99. The third kappa shape index (κ3) is 1.90. The summed E-state index contributed by atoms with van der Waals surface area (Å²) in [6.07, 6.45) is 3.10. The van der Waals surface area contributed by atoms with Crippen LogP contribution in [0.3, 0.4) is 0 Å². The number of hydrogen-bond acceptors (Lipinski definition) is 4. The van der Waals surface area contributed by atoms with Crippen molar-refractivity contribution in [2.45, 2.75) is 0 Å². The first kappa shape index (κ1) is 12.6. The van der Waals surface area contributed by atoms with E-state index in [1.807, 2.05) is 0 Å². The van der Waals surface area contributed by atoms with Gasteiger partial charge in [-0.05, 0) is 0 Å². The molecule has 0 aliphatic rings. The Bertz CT molecular complexity index is 764. The smallest absolute Gasteiger partial charge is 0.344 e. The van der Waals surface area contributed by atoms with Gasteiger partial charge in [0, 0.05) is 12.1 Å². The number of ether oxygens (including phenoxy) is 1. The van der Waals surface area contributed by atoms with Crippen molar-refractivity contribution in [2.75, 3.05) is 7.11 Å². The van der Waals surface area contributed by atoms with Crippen LogP contribution < -0.4 is 15.4 Å². The lowest BCUT2D eigenvalue weighted by Crippen LogP contribution is -2.50.